The predicted octanol–water partition coefficient (Wildman–Crippen LogP) is 4.37. The smallest absolute Gasteiger partial charge is 0.164 e. The number of nitrogens with one attached hydrogen (secondary N) is 1. The van der Waals surface area contributed by atoms with Crippen LogP contribution >= 0.6 is 0 Å². The predicted molar refractivity (Wildman–Crippen MR) is 105 cm³/mol. The topological polar surface area (TPSA) is 81.7 Å². The van der Waals surface area contributed by atoms with Gasteiger partial charge in [-0.3, -0.25) is 0 Å². The number of rotatable bonds is 5. The lowest BCUT2D eigenvalue weighted by Crippen LogP contribution is -2.03. The highest BCUT2D eigenvalue weighted by atomic mass is 19.1. The van der Waals surface area contributed by atoms with Crippen molar-refractivity contribution in [2.24, 2.45) is 0 Å². The highest BCUT2D eigenvalue weighted by Gasteiger charge is 2.14. The van der Waals surface area contributed by atoms with E-state index in [0.29, 0.717) is 17.3 Å². The van der Waals surface area contributed by atoms with E-state index >= 15 is 0 Å². The lowest BCUT2D eigenvalue weighted by Gasteiger charge is -2.10. The van der Waals surface area contributed by atoms with E-state index in [2.05, 4.69) is 22.3 Å². The first-order valence-electron chi connectivity index (χ1n) is 8.76. The number of fused-ring (bicyclic) bond motifs is 1. The van der Waals surface area contributed by atoms with Crippen molar-refractivity contribution in [3.63, 3.8) is 0 Å². The molecular formula is C20H19FN6. The third-order valence-electron chi connectivity index (χ3n) is 4.21. The Morgan fingerprint density at radius 1 is 1.04 bits per heavy atom. The normalized spacial score (nSPS) is 11.0. The van der Waals surface area contributed by atoms with Crippen molar-refractivity contribution in [2.75, 3.05) is 11.1 Å². The molecule has 0 bridgehead atoms. The number of nitrogen functional groups attached to an aromatic ring is 1. The first-order chi connectivity index (χ1) is 13.1. The van der Waals surface area contributed by atoms with Gasteiger partial charge in [-0.15, -0.1) is 0 Å². The number of aryl methyl sites for hydroxylation is 1. The Hall–Kier alpha value is -3.48. The highest BCUT2D eigenvalue weighted by molar-refractivity contribution is 5.90. The summed E-state index contributed by atoms with van der Waals surface area (Å²) < 4.78 is 15.1. The second-order valence-electron chi connectivity index (χ2n) is 6.25. The molecule has 0 aliphatic rings. The third-order valence-corrected chi connectivity index (χ3v) is 4.21. The molecule has 2 heterocycles. The average Bonchev–Trinajstić information content (AvgIpc) is 3.08. The molecule has 0 unspecified atom stereocenters. The van der Waals surface area contributed by atoms with Crippen LogP contribution in [0.25, 0.3) is 22.4 Å². The molecule has 4 aromatic rings. The van der Waals surface area contributed by atoms with Crippen molar-refractivity contribution in [1.82, 2.24) is 19.7 Å². The lowest BCUT2D eigenvalue weighted by molar-refractivity contribution is 0.617. The first-order valence-corrected chi connectivity index (χ1v) is 8.76. The number of aromatic nitrogens is 4. The van der Waals surface area contributed by atoms with E-state index in [9.17, 15) is 4.39 Å². The maximum Gasteiger partial charge on any atom is 0.164 e. The lowest BCUT2D eigenvalue weighted by atomic mass is 10.2. The van der Waals surface area contributed by atoms with Gasteiger partial charge < -0.3 is 11.1 Å². The molecule has 136 valence electrons. The van der Waals surface area contributed by atoms with E-state index in [4.69, 9.17) is 10.7 Å². The number of hydrogen-bond donors (Lipinski definition) is 2. The molecule has 0 amide bonds. The monoisotopic (exact) mass is 362 g/mol. The fourth-order valence-corrected chi connectivity index (χ4v) is 2.86. The molecule has 0 saturated carbocycles. The van der Waals surface area contributed by atoms with Gasteiger partial charge in [-0.1, -0.05) is 6.92 Å². The van der Waals surface area contributed by atoms with Gasteiger partial charge in [-0.2, -0.15) is 5.10 Å². The van der Waals surface area contributed by atoms with Crippen molar-refractivity contribution >= 4 is 28.2 Å². The second-order valence-corrected chi connectivity index (χ2v) is 6.25. The standard InChI is InChI=1S/C20H19FN6/c1-2-11-27-20-17(12-23-27)19(24-16-9-5-14(21)6-10-16)25-18(26-20)13-3-7-15(22)8-4-13/h3-10,12H,2,11,22H2,1H3,(H,24,25,26). The van der Waals surface area contributed by atoms with Crippen molar-refractivity contribution < 1.29 is 4.39 Å². The molecule has 2 aromatic heterocycles. The Kier molecular flexibility index (Phi) is 4.42. The van der Waals surface area contributed by atoms with Crippen molar-refractivity contribution in [3.05, 3.63) is 60.5 Å². The molecule has 6 nitrogen and oxygen atoms in total. The molecule has 0 spiro atoms. The van der Waals surface area contributed by atoms with Crippen LogP contribution < -0.4 is 11.1 Å². The molecule has 0 saturated heterocycles. The molecular weight excluding hydrogens is 343 g/mol. The van der Waals surface area contributed by atoms with Crippen LogP contribution in [-0.4, -0.2) is 19.7 Å². The molecule has 7 heteroatoms. The zero-order valence-corrected chi connectivity index (χ0v) is 14.9. The summed E-state index contributed by atoms with van der Waals surface area (Å²) in [4.78, 5) is 9.40. The largest absolute Gasteiger partial charge is 0.399 e. The molecule has 2 aromatic carbocycles. The van der Waals surface area contributed by atoms with Gasteiger partial charge in [0.25, 0.3) is 0 Å². The fraction of sp³-hybridized carbons (Fsp3) is 0.150. The summed E-state index contributed by atoms with van der Waals surface area (Å²) in [6.45, 7) is 2.85. The minimum atomic E-state index is -0.285. The Balaban J connectivity index is 1.84. The summed E-state index contributed by atoms with van der Waals surface area (Å²) in [5.74, 6) is 0.914. The van der Waals surface area contributed by atoms with E-state index in [1.807, 2.05) is 28.9 Å². The number of anilines is 3. The fourth-order valence-electron chi connectivity index (χ4n) is 2.86. The van der Waals surface area contributed by atoms with Gasteiger partial charge >= 0.3 is 0 Å². The molecule has 0 aliphatic heterocycles. The van der Waals surface area contributed by atoms with Crippen LogP contribution in [0.3, 0.4) is 0 Å². The van der Waals surface area contributed by atoms with Crippen molar-refractivity contribution in [2.45, 2.75) is 19.9 Å². The summed E-state index contributed by atoms with van der Waals surface area (Å²) in [5, 5.41) is 8.51. The van der Waals surface area contributed by atoms with E-state index in [-0.39, 0.29) is 5.82 Å². The van der Waals surface area contributed by atoms with Crippen LogP contribution in [-0.2, 0) is 6.54 Å². The SMILES string of the molecule is CCCn1ncc2c(Nc3ccc(F)cc3)nc(-c3ccc(N)cc3)nc21. The third kappa shape index (κ3) is 3.44. The van der Waals surface area contributed by atoms with Gasteiger partial charge in [0.2, 0.25) is 0 Å². The van der Waals surface area contributed by atoms with Crippen LogP contribution in [0.5, 0.6) is 0 Å². The van der Waals surface area contributed by atoms with Crippen LogP contribution in [0, 0.1) is 5.82 Å². The summed E-state index contributed by atoms with van der Waals surface area (Å²) in [6, 6.07) is 13.6. The van der Waals surface area contributed by atoms with Gasteiger partial charge in [0, 0.05) is 23.5 Å². The Morgan fingerprint density at radius 3 is 2.48 bits per heavy atom. The van der Waals surface area contributed by atoms with Crippen LogP contribution in [0.2, 0.25) is 0 Å². The van der Waals surface area contributed by atoms with E-state index in [1.54, 1.807) is 18.3 Å². The van der Waals surface area contributed by atoms with Gasteiger partial charge in [0.1, 0.15) is 11.6 Å². The number of benzene rings is 2. The van der Waals surface area contributed by atoms with Crippen LogP contribution in [0.15, 0.2) is 54.7 Å². The van der Waals surface area contributed by atoms with Gasteiger partial charge in [-0.25, -0.2) is 19.0 Å². The molecule has 0 radical (unpaired) electrons. The minimum absolute atomic E-state index is 0.285. The Morgan fingerprint density at radius 2 is 1.78 bits per heavy atom. The number of halogens is 1. The maximum absolute atomic E-state index is 13.2. The minimum Gasteiger partial charge on any atom is -0.399 e. The summed E-state index contributed by atoms with van der Waals surface area (Å²) >= 11 is 0. The average molecular weight is 362 g/mol. The molecule has 0 atom stereocenters. The van der Waals surface area contributed by atoms with Crippen LogP contribution in [0.4, 0.5) is 21.6 Å². The van der Waals surface area contributed by atoms with E-state index < -0.39 is 0 Å². The second kappa shape index (κ2) is 7.03. The van der Waals surface area contributed by atoms with Gasteiger partial charge in [0.05, 0.1) is 11.6 Å². The van der Waals surface area contributed by atoms with Crippen molar-refractivity contribution in [1.29, 1.82) is 0 Å². The zero-order chi connectivity index (χ0) is 18.8. The van der Waals surface area contributed by atoms with Gasteiger partial charge in [-0.05, 0) is 55.0 Å². The van der Waals surface area contributed by atoms with Crippen molar-refractivity contribution in [3.8, 4) is 11.4 Å². The molecule has 3 N–H and O–H groups in total. The Bertz CT molecular complexity index is 1070. The number of nitrogens with two attached hydrogens (primary N) is 1. The highest BCUT2D eigenvalue weighted by Crippen LogP contribution is 2.28. The molecule has 0 fully saturated rings. The summed E-state index contributed by atoms with van der Waals surface area (Å²) in [5.41, 5.74) is 8.82. The zero-order valence-electron chi connectivity index (χ0n) is 14.9. The molecule has 4 rings (SSSR count). The Labute approximate surface area is 155 Å². The molecule has 27 heavy (non-hydrogen) atoms. The van der Waals surface area contributed by atoms with E-state index in [0.717, 1.165) is 35.2 Å². The number of nitrogens with zero attached hydrogens (tertiary/aromatic N) is 4. The van der Waals surface area contributed by atoms with Crippen LogP contribution in [0.1, 0.15) is 13.3 Å². The van der Waals surface area contributed by atoms with Gasteiger partial charge in [0.15, 0.2) is 11.5 Å². The molecule has 0 aliphatic carbocycles. The quantitative estimate of drug-likeness (QED) is 0.515. The van der Waals surface area contributed by atoms with E-state index in [1.165, 1.54) is 12.1 Å². The summed E-state index contributed by atoms with van der Waals surface area (Å²) in [6.07, 6.45) is 2.70. The number of hydrogen-bond acceptors (Lipinski definition) is 5. The maximum atomic E-state index is 13.2. The summed E-state index contributed by atoms with van der Waals surface area (Å²) in [7, 11) is 0. The first kappa shape index (κ1) is 17.0.